The van der Waals surface area contributed by atoms with Crippen LogP contribution < -0.4 is 11.1 Å². The summed E-state index contributed by atoms with van der Waals surface area (Å²) in [6.07, 6.45) is 1.55. The van der Waals surface area contributed by atoms with E-state index in [0.29, 0.717) is 6.54 Å². The van der Waals surface area contributed by atoms with Crippen molar-refractivity contribution in [3.63, 3.8) is 0 Å². The number of aromatic nitrogens is 3. The number of para-hydroxylation sites is 1. The van der Waals surface area contributed by atoms with Gasteiger partial charge in [0.1, 0.15) is 6.54 Å². The number of carbonyl (C=O) groups excluding carboxylic acids is 1. The van der Waals surface area contributed by atoms with E-state index in [1.807, 2.05) is 24.3 Å². The molecule has 6 nitrogen and oxygen atoms in total. The van der Waals surface area contributed by atoms with Gasteiger partial charge in [0.25, 0.3) is 0 Å². The molecule has 7 heteroatoms. The summed E-state index contributed by atoms with van der Waals surface area (Å²) in [5.41, 5.74) is 6.95. The van der Waals surface area contributed by atoms with Crippen LogP contribution in [-0.4, -0.2) is 20.9 Å². The summed E-state index contributed by atoms with van der Waals surface area (Å²) in [7, 11) is 0. The Morgan fingerprint density at radius 2 is 2.22 bits per heavy atom. The van der Waals surface area contributed by atoms with Gasteiger partial charge in [-0.15, -0.1) is 5.10 Å². The van der Waals surface area contributed by atoms with Crippen LogP contribution in [0.1, 0.15) is 5.69 Å². The van der Waals surface area contributed by atoms with Crippen LogP contribution in [0.15, 0.2) is 34.9 Å². The molecule has 18 heavy (non-hydrogen) atoms. The molecule has 1 aromatic carbocycles. The van der Waals surface area contributed by atoms with Gasteiger partial charge in [0.2, 0.25) is 5.91 Å². The molecule has 0 aliphatic rings. The number of hydrogen-bond acceptors (Lipinski definition) is 4. The van der Waals surface area contributed by atoms with E-state index < -0.39 is 0 Å². The third-order valence-electron chi connectivity index (χ3n) is 2.35. The Kier molecular flexibility index (Phi) is 4.06. The minimum Gasteiger partial charge on any atom is -0.325 e. The van der Waals surface area contributed by atoms with Crippen LogP contribution >= 0.6 is 15.9 Å². The molecule has 0 saturated carbocycles. The Balaban J connectivity index is 2.04. The molecule has 1 aromatic heterocycles. The lowest BCUT2D eigenvalue weighted by Gasteiger charge is -2.08. The van der Waals surface area contributed by atoms with Crippen LogP contribution in [0.4, 0.5) is 5.69 Å². The van der Waals surface area contributed by atoms with Crippen LogP contribution in [0.25, 0.3) is 0 Å². The van der Waals surface area contributed by atoms with E-state index in [9.17, 15) is 4.79 Å². The fourth-order valence-electron chi connectivity index (χ4n) is 1.46. The summed E-state index contributed by atoms with van der Waals surface area (Å²) in [4.78, 5) is 11.8. The van der Waals surface area contributed by atoms with Gasteiger partial charge in [-0.2, -0.15) is 0 Å². The van der Waals surface area contributed by atoms with E-state index in [0.717, 1.165) is 15.9 Å². The number of carbonyl (C=O) groups is 1. The Labute approximate surface area is 112 Å². The van der Waals surface area contributed by atoms with Gasteiger partial charge in [-0.25, -0.2) is 4.68 Å². The van der Waals surface area contributed by atoms with Crippen molar-refractivity contribution in [2.45, 2.75) is 13.1 Å². The second-order valence-electron chi connectivity index (χ2n) is 3.62. The van der Waals surface area contributed by atoms with Crippen LogP contribution in [0, 0.1) is 0 Å². The van der Waals surface area contributed by atoms with Crippen LogP contribution in [-0.2, 0) is 17.9 Å². The van der Waals surface area contributed by atoms with Crippen molar-refractivity contribution in [2.75, 3.05) is 5.32 Å². The summed E-state index contributed by atoms with van der Waals surface area (Å²) in [6.45, 7) is 0.392. The molecule has 94 valence electrons. The number of anilines is 1. The lowest BCUT2D eigenvalue weighted by atomic mass is 10.3. The van der Waals surface area contributed by atoms with Crippen molar-refractivity contribution in [2.24, 2.45) is 5.73 Å². The summed E-state index contributed by atoms with van der Waals surface area (Å²) in [5, 5.41) is 10.3. The minimum atomic E-state index is -0.179. The van der Waals surface area contributed by atoms with Gasteiger partial charge in [-0.05, 0) is 28.1 Å². The molecule has 2 aromatic rings. The number of amides is 1. The molecule has 0 aliphatic carbocycles. The zero-order valence-corrected chi connectivity index (χ0v) is 11.1. The predicted molar refractivity (Wildman–Crippen MR) is 70.7 cm³/mol. The maximum absolute atomic E-state index is 11.8. The Morgan fingerprint density at radius 3 is 2.94 bits per heavy atom. The lowest BCUT2D eigenvalue weighted by molar-refractivity contribution is -0.117. The molecular weight excluding hydrogens is 298 g/mol. The molecule has 3 N–H and O–H groups in total. The highest BCUT2D eigenvalue weighted by atomic mass is 79.9. The van der Waals surface area contributed by atoms with Crippen molar-refractivity contribution in [1.29, 1.82) is 0 Å². The highest BCUT2D eigenvalue weighted by Crippen LogP contribution is 2.21. The van der Waals surface area contributed by atoms with Gasteiger partial charge in [0.15, 0.2) is 0 Å². The Hall–Kier alpha value is -1.73. The van der Waals surface area contributed by atoms with Crippen LogP contribution in [0.3, 0.4) is 0 Å². The van der Waals surface area contributed by atoms with Gasteiger partial charge >= 0.3 is 0 Å². The minimum absolute atomic E-state index is 0.0911. The van der Waals surface area contributed by atoms with E-state index in [1.54, 1.807) is 6.20 Å². The van der Waals surface area contributed by atoms with Crippen molar-refractivity contribution in [1.82, 2.24) is 15.0 Å². The zero-order valence-electron chi connectivity index (χ0n) is 9.51. The summed E-state index contributed by atoms with van der Waals surface area (Å²) < 4.78 is 2.31. The smallest absolute Gasteiger partial charge is 0.246 e. The number of halogens is 1. The first-order chi connectivity index (χ1) is 8.70. The number of nitrogens with one attached hydrogen (secondary N) is 1. The predicted octanol–water partition coefficient (Wildman–Crippen LogP) is 1.14. The first-order valence-electron chi connectivity index (χ1n) is 5.32. The third kappa shape index (κ3) is 2.93. The molecule has 0 saturated heterocycles. The Bertz CT molecular complexity index is 554. The van der Waals surface area contributed by atoms with Gasteiger partial charge < -0.3 is 11.1 Å². The topological polar surface area (TPSA) is 85.8 Å². The van der Waals surface area contributed by atoms with Gasteiger partial charge in [-0.1, -0.05) is 17.3 Å². The fourth-order valence-corrected chi connectivity index (χ4v) is 1.84. The summed E-state index contributed by atoms with van der Waals surface area (Å²) in [5.74, 6) is -0.179. The average Bonchev–Trinajstić information content (AvgIpc) is 2.79. The highest BCUT2D eigenvalue weighted by Gasteiger charge is 2.09. The SMILES string of the molecule is NCc1cnnn1CC(=O)Nc1ccccc1Br. The molecular formula is C11H12BrN5O. The Morgan fingerprint density at radius 1 is 1.44 bits per heavy atom. The van der Waals surface area contributed by atoms with E-state index >= 15 is 0 Å². The van der Waals surface area contributed by atoms with Gasteiger partial charge in [-0.3, -0.25) is 4.79 Å². The first-order valence-corrected chi connectivity index (χ1v) is 6.12. The van der Waals surface area contributed by atoms with Gasteiger partial charge in [0.05, 0.1) is 17.6 Å². The number of rotatable bonds is 4. The fraction of sp³-hybridized carbons (Fsp3) is 0.182. The lowest BCUT2D eigenvalue weighted by Crippen LogP contribution is -2.21. The van der Waals surface area contributed by atoms with Crippen molar-refractivity contribution in [3.05, 3.63) is 40.6 Å². The van der Waals surface area contributed by atoms with E-state index in [-0.39, 0.29) is 12.5 Å². The zero-order chi connectivity index (χ0) is 13.0. The molecule has 0 bridgehead atoms. The van der Waals surface area contributed by atoms with Crippen molar-refractivity contribution < 1.29 is 4.79 Å². The van der Waals surface area contributed by atoms with E-state index in [4.69, 9.17) is 5.73 Å². The standard InChI is InChI=1S/C11H12BrN5O/c12-9-3-1-2-4-10(9)15-11(18)7-17-8(5-13)6-14-16-17/h1-4,6H,5,7,13H2,(H,15,18). The molecule has 0 atom stereocenters. The number of nitrogens with zero attached hydrogens (tertiary/aromatic N) is 3. The maximum atomic E-state index is 11.8. The molecule has 0 radical (unpaired) electrons. The third-order valence-corrected chi connectivity index (χ3v) is 3.04. The van der Waals surface area contributed by atoms with Gasteiger partial charge in [0, 0.05) is 11.0 Å². The second kappa shape index (κ2) is 5.74. The monoisotopic (exact) mass is 309 g/mol. The molecule has 1 amide bonds. The summed E-state index contributed by atoms with van der Waals surface area (Å²) >= 11 is 3.36. The molecule has 0 fully saturated rings. The molecule has 0 spiro atoms. The first kappa shape index (κ1) is 12.7. The second-order valence-corrected chi connectivity index (χ2v) is 4.47. The molecule has 0 unspecified atom stereocenters. The van der Waals surface area contributed by atoms with E-state index in [2.05, 4.69) is 31.6 Å². The average molecular weight is 310 g/mol. The molecule has 2 rings (SSSR count). The van der Waals surface area contributed by atoms with Crippen molar-refractivity contribution >= 4 is 27.5 Å². The number of nitrogens with two attached hydrogens (primary N) is 1. The maximum Gasteiger partial charge on any atom is 0.246 e. The van der Waals surface area contributed by atoms with Crippen LogP contribution in [0.2, 0.25) is 0 Å². The van der Waals surface area contributed by atoms with Crippen LogP contribution in [0.5, 0.6) is 0 Å². The number of hydrogen-bond donors (Lipinski definition) is 2. The number of benzene rings is 1. The highest BCUT2D eigenvalue weighted by molar-refractivity contribution is 9.10. The van der Waals surface area contributed by atoms with E-state index in [1.165, 1.54) is 4.68 Å². The normalized spacial score (nSPS) is 10.3. The quantitative estimate of drug-likeness (QED) is 0.886. The van der Waals surface area contributed by atoms with Crippen molar-refractivity contribution in [3.8, 4) is 0 Å². The largest absolute Gasteiger partial charge is 0.325 e. The summed E-state index contributed by atoms with van der Waals surface area (Å²) in [6, 6.07) is 7.40. The molecule has 1 heterocycles. The molecule has 0 aliphatic heterocycles.